The molecule has 0 amide bonds. The number of carbonyl (C=O) groups is 3. The molecule has 0 heterocycles. The number of ether oxygens (including phenoxy) is 1. The maximum atomic E-state index is 11.8. The molecule has 0 saturated carbocycles. The van der Waals surface area contributed by atoms with Gasteiger partial charge in [0.2, 0.25) is 0 Å². The summed E-state index contributed by atoms with van der Waals surface area (Å²) in [7, 11) is 1.43. The van der Waals surface area contributed by atoms with E-state index in [4.69, 9.17) is 9.39 Å². The van der Waals surface area contributed by atoms with Gasteiger partial charge in [0.15, 0.2) is 0 Å². The highest BCUT2D eigenvalue weighted by Gasteiger charge is 2.15. The molecule has 6 heteroatoms. The van der Waals surface area contributed by atoms with Crippen LogP contribution in [0.25, 0.3) is 0 Å². The molecule has 0 aromatic heterocycles. The second kappa shape index (κ2) is 30.7. The average Bonchev–Trinajstić information content (AvgIpc) is 2.65. The summed E-state index contributed by atoms with van der Waals surface area (Å²) in [6.07, 6.45) is 15.7. The number of hydrogen-bond donors (Lipinski definition) is 0. The highest BCUT2D eigenvalue weighted by molar-refractivity contribution is 6.28. The first kappa shape index (κ1) is 41.9. The monoisotopic (exact) mass is 473 g/mol. The summed E-state index contributed by atoms with van der Waals surface area (Å²) in [5.41, 5.74) is 0. The van der Waals surface area contributed by atoms with Gasteiger partial charge in [-0.05, 0) is 39.0 Å². The summed E-state index contributed by atoms with van der Waals surface area (Å²) < 4.78 is 10.4. The minimum atomic E-state index is -0.376. The predicted octanol–water partition coefficient (Wildman–Crippen LogP) is 8.50. The van der Waals surface area contributed by atoms with E-state index in [1.165, 1.54) is 52.9 Å². The zero-order chi connectivity index (χ0) is 21.7. The van der Waals surface area contributed by atoms with E-state index < -0.39 is 0 Å². The van der Waals surface area contributed by atoms with Crippen molar-refractivity contribution in [1.82, 2.24) is 0 Å². The average molecular weight is 474 g/mol. The maximum absolute atomic E-state index is 11.8. The van der Waals surface area contributed by atoms with E-state index in [1.54, 1.807) is 6.82 Å². The number of Topliss-reactive ketones (excluding diaryl/α,β-unsaturated/α-hetero) is 1. The third kappa shape index (κ3) is 30.7. The van der Waals surface area contributed by atoms with Crippen molar-refractivity contribution in [2.24, 2.45) is 0 Å². The summed E-state index contributed by atoms with van der Waals surface area (Å²) in [5, 5.41) is 0. The molecule has 0 aromatic rings. The highest BCUT2D eigenvalue weighted by atomic mass is 16.5. The Morgan fingerprint density at radius 1 is 0.697 bits per heavy atom. The summed E-state index contributed by atoms with van der Waals surface area (Å²) in [4.78, 5) is 34.1. The van der Waals surface area contributed by atoms with Crippen LogP contribution in [0.3, 0.4) is 0 Å². The Labute approximate surface area is 208 Å². The number of carbonyl (C=O) groups excluding carboxylic acids is 3. The van der Waals surface area contributed by atoms with Gasteiger partial charge in [-0.3, -0.25) is 14.4 Å². The van der Waals surface area contributed by atoms with Gasteiger partial charge in [-0.1, -0.05) is 101 Å². The van der Waals surface area contributed by atoms with Crippen LogP contribution in [-0.4, -0.2) is 31.3 Å². The third-order valence-corrected chi connectivity index (χ3v) is 4.98. The van der Waals surface area contributed by atoms with Crippen molar-refractivity contribution in [3.8, 4) is 0 Å². The van der Waals surface area contributed by atoms with Gasteiger partial charge in [-0.25, -0.2) is 0 Å². The van der Waals surface area contributed by atoms with Crippen molar-refractivity contribution in [2.75, 3.05) is 0 Å². The first-order chi connectivity index (χ1) is 14.0. The Bertz CT molecular complexity index is 440. The van der Waals surface area contributed by atoms with Crippen molar-refractivity contribution in [3.05, 3.63) is 0 Å². The van der Waals surface area contributed by atoms with Crippen LogP contribution >= 0.6 is 0 Å². The lowest BCUT2D eigenvalue weighted by Gasteiger charge is -2.18. The number of esters is 1. The van der Waals surface area contributed by atoms with E-state index in [0.29, 0.717) is 6.42 Å². The minimum absolute atomic E-state index is 0. The Morgan fingerprint density at radius 3 is 1.61 bits per heavy atom. The Balaban J connectivity index is -0.000000653. The van der Waals surface area contributed by atoms with E-state index in [9.17, 15) is 14.4 Å². The van der Waals surface area contributed by atoms with E-state index in [0.717, 1.165) is 51.4 Å². The number of rotatable bonds is 20. The summed E-state index contributed by atoms with van der Waals surface area (Å²) in [6.45, 7) is 5.32. The molecule has 1 atom stereocenters. The second-order valence-electron chi connectivity index (χ2n) is 7.93. The lowest BCUT2D eigenvalue weighted by atomic mass is 10.0. The molecule has 0 aliphatic carbocycles. The lowest BCUT2D eigenvalue weighted by molar-refractivity contribution is -0.151. The molecule has 199 valence electrons. The van der Waals surface area contributed by atoms with Gasteiger partial charge in [0.25, 0.3) is 5.97 Å². The van der Waals surface area contributed by atoms with Crippen LogP contribution in [0.2, 0.25) is 6.82 Å². The van der Waals surface area contributed by atoms with Crippen LogP contribution in [-0.2, 0) is 23.8 Å². The Hall–Kier alpha value is -1.33. The highest BCUT2D eigenvalue weighted by Crippen LogP contribution is 2.17. The van der Waals surface area contributed by atoms with Crippen LogP contribution in [0.15, 0.2) is 0 Å². The molecule has 0 aliphatic rings. The van der Waals surface area contributed by atoms with Gasteiger partial charge in [0.1, 0.15) is 18.3 Å². The normalized spacial score (nSPS) is 10.3. The molecule has 0 saturated heterocycles. The van der Waals surface area contributed by atoms with Gasteiger partial charge in [0.05, 0.1) is 0 Å². The second-order valence-corrected chi connectivity index (χ2v) is 7.93. The van der Waals surface area contributed by atoms with Crippen molar-refractivity contribution < 1.29 is 23.8 Å². The molecule has 0 spiro atoms. The molecular formula is C27H58BO5. The van der Waals surface area contributed by atoms with E-state index >= 15 is 0 Å². The topological polar surface area (TPSA) is 69.7 Å². The molecule has 0 aliphatic heterocycles. The van der Waals surface area contributed by atoms with Crippen LogP contribution < -0.4 is 0 Å². The summed E-state index contributed by atoms with van der Waals surface area (Å²) in [5.74, 6) is -0.653. The molecule has 1 unspecified atom stereocenters. The molecule has 0 aromatic carbocycles. The number of unbranched alkanes of at least 4 members (excludes halogenated alkanes) is 10. The lowest BCUT2D eigenvalue weighted by Crippen LogP contribution is -2.20. The molecule has 0 bridgehead atoms. The first-order valence-corrected chi connectivity index (χ1v) is 11.7. The minimum Gasteiger partial charge on any atom is -0.539 e. The molecule has 0 fully saturated rings. The van der Waals surface area contributed by atoms with Gasteiger partial charge in [-0.2, -0.15) is 0 Å². The van der Waals surface area contributed by atoms with Gasteiger partial charge in [-0.15, -0.1) is 0 Å². The van der Waals surface area contributed by atoms with E-state index in [1.807, 2.05) is 0 Å². The largest absolute Gasteiger partial charge is 0.539 e. The van der Waals surface area contributed by atoms with E-state index in [2.05, 4.69) is 6.92 Å². The number of hydrogen-bond acceptors (Lipinski definition) is 5. The van der Waals surface area contributed by atoms with Crippen molar-refractivity contribution >= 4 is 25.2 Å². The summed E-state index contributed by atoms with van der Waals surface area (Å²) in [6, 6.07) is 0. The Kier molecular flexibility index (Phi) is 38.9. The maximum Gasteiger partial charge on any atom is 0.370 e. The zero-order valence-corrected chi connectivity index (χ0v) is 19.0. The Morgan fingerprint density at radius 2 is 1.15 bits per heavy atom. The van der Waals surface area contributed by atoms with Crippen LogP contribution in [0.4, 0.5) is 0 Å². The smallest absolute Gasteiger partial charge is 0.370 e. The first-order valence-electron chi connectivity index (χ1n) is 11.7. The number of ketones is 1. The molecular weight excluding hydrogens is 415 g/mol. The van der Waals surface area contributed by atoms with E-state index in [-0.39, 0.29) is 60.0 Å². The van der Waals surface area contributed by atoms with Crippen molar-refractivity contribution in [3.63, 3.8) is 0 Å². The predicted molar refractivity (Wildman–Crippen MR) is 145 cm³/mol. The van der Waals surface area contributed by atoms with Gasteiger partial charge in [0, 0.05) is 6.42 Å². The zero-order valence-electron chi connectivity index (χ0n) is 19.0. The van der Waals surface area contributed by atoms with Crippen LogP contribution in [0, 0.1) is 0 Å². The van der Waals surface area contributed by atoms with Crippen molar-refractivity contribution in [2.45, 2.75) is 159 Å². The van der Waals surface area contributed by atoms with Crippen LogP contribution in [0.1, 0.15) is 146 Å². The molecule has 33 heavy (non-hydrogen) atoms. The SMILES string of the molecule is C.C.C.C.C[B]OC(=O)CCCCCCCCCCC(CCCCCC)OC(=O)CC(C)=O. The fourth-order valence-electron chi connectivity index (χ4n) is 3.38. The van der Waals surface area contributed by atoms with Gasteiger partial charge >= 0.3 is 13.5 Å². The molecule has 0 N–H and O–H groups in total. The van der Waals surface area contributed by atoms with Crippen molar-refractivity contribution in [1.29, 1.82) is 0 Å². The molecule has 0 rings (SSSR count). The quantitative estimate of drug-likeness (QED) is 0.0767. The van der Waals surface area contributed by atoms with Gasteiger partial charge < -0.3 is 9.39 Å². The molecule has 1 radical (unpaired) electrons. The van der Waals surface area contributed by atoms with Crippen LogP contribution in [0.5, 0.6) is 0 Å². The summed E-state index contributed by atoms with van der Waals surface area (Å²) >= 11 is 0. The molecule has 5 nitrogen and oxygen atoms in total. The fourth-order valence-corrected chi connectivity index (χ4v) is 3.38. The fraction of sp³-hybridized carbons (Fsp3) is 0.889. The third-order valence-electron chi connectivity index (χ3n) is 4.98. The standard InChI is InChI=1S/C23H42BO5.4CH4/c1-4-5-6-13-16-21(28-23(27)19-20(2)25)17-14-11-9-7-8-10-12-15-18-22(26)29-24-3;;;;/h21H,4-19H2,1-3H3;4*1H4.